The van der Waals surface area contributed by atoms with Gasteiger partial charge < -0.3 is 15.4 Å². The number of hydrogen-bond acceptors (Lipinski definition) is 3. The van der Waals surface area contributed by atoms with E-state index in [1.807, 2.05) is 25.7 Å². The van der Waals surface area contributed by atoms with E-state index in [1.165, 1.54) is 12.8 Å². The van der Waals surface area contributed by atoms with Crippen molar-refractivity contribution in [1.29, 1.82) is 0 Å². The SMILES string of the molecule is CC(C)(C)OC(=O)N1CCC2C(N)CCCC2C1. The second-order valence-corrected chi connectivity index (χ2v) is 6.73. The van der Waals surface area contributed by atoms with Gasteiger partial charge in [-0.1, -0.05) is 6.42 Å². The second kappa shape index (κ2) is 5.08. The molecular formula is C14H26N2O2. The van der Waals surface area contributed by atoms with Gasteiger partial charge in [-0.15, -0.1) is 0 Å². The Bertz CT molecular complexity index is 311. The number of rotatable bonds is 0. The normalized spacial score (nSPS) is 32.9. The third-order valence-corrected chi connectivity index (χ3v) is 4.11. The van der Waals surface area contributed by atoms with Gasteiger partial charge in [0.25, 0.3) is 0 Å². The standard InChI is InChI=1S/C14H26N2O2/c1-14(2,3)18-13(17)16-8-7-11-10(9-16)5-4-6-12(11)15/h10-12H,4-9,15H2,1-3H3. The Balaban J connectivity index is 1.92. The van der Waals surface area contributed by atoms with E-state index in [9.17, 15) is 4.79 Å². The molecule has 1 amide bonds. The van der Waals surface area contributed by atoms with Crippen LogP contribution in [0.1, 0.15) is 46.5 Å². The van der Waals surface area contributed by atoms with Crippen molar-refractivity contribution in [2.75, 3.05) is 13.1 Å². The van der Waals surface area contributed by atoms with Gasteiger partial charge in [-0.05, 0) is 51.9 Å². The van der Waals surface area contributed by atoms with Gasteiger partial charge in [0.1, 0.15) is 5.60 Å². The van der Waals surface area contributed by atoms with Crippen LogP contribution >= 0.6 is 0 Å². The molecule has 1 saturated carbocycles. The van der Waals surface area contributed by atoms with Gasteiger partial charge in [0, 0.05) is 19.1 Å². The summed E-state index contributed by atoms with van der Waals surface area (Å²) in [7, 11) is 0. The third kappa shape index (κ3) is 3.16. The van der Waals surface area contributed by atoms with E-state index in [0.29, 0.717) is 17.9 Å². The molecule has 0 aromatic carbocycles. The summed E-state index contributed by atoms with van der Waals surface area (Å²) >= 11 is 0. The summed E-state index contributed by atoms with van der Waals surface area (Å²) in [6.07, 6.45) is 4.42. The summed E-state index contributed by atoms with van der Waals surface area (Å²) in [5.41, 5.74) is 5.77. The zero-order chi connectivity index (χ0) is 13.3. The molecule has 2 rings (SSSR count). The number of piperidine rings is 1. The van der Waals surface area contributed by atoms with Gasteiger partial charge in [-0.2, -0.15) is 0 Å². The fraction of sp³-hybridized carbons (Fsp3) is 0.929. The Morgan fingerprint density at radius 1 is 1.28 bits per heavy atom. The predicted molar refractivity (Wildman–Crippen MR) is 71.2 cm³/mol. The van der Waals surface area contributed by atoms with Crippen molar-refractivity contribution >= 4 is 6.09 Å². The number of carbonyl (C=O) groups excluding carboxylic acids is 1. The lowest BCUT2D eigenvalue weighted by atomic mass is 9.72. The quantitative estimate of drug-likeness (QED) is 0.722. The zero-order valence-electron chi connectivity index (χ0n) is 11.8. The van der Waals surface area contributed by atoms with Crippen molar-refractivity contribution in [1.82, 2.24) is 4.90 Å². The monoisotopic (exact) mass is 254 g/mol. The lowest BCUT2D eigenvalue weighted by Crippen LogP contribution is -2.51. The minimum atomic E-state index is -0.406. The van der Waals surface area contributed by atoms with Crippen molar-refractivity contribution in [3.8, 4) is 0 Å². The third-order valence-electron chi connectivity index (χ3n) is 4.11. The van der Waals surface area contributed by atoms with E-state index in [1.54, 1.807) is 0 Å². The molecule has 0 aromatic rings. The molecule has 4 heteroatoms. The van der Waals surface area contributed by atoms with E-state index < -0.39 is 5.60 Å². The van der Waals surface area contributed by atoms with Crippen molar-refractivity contribution in [3.05, 3.63) is 0 Å². The first-order chi connectivity index (χ1) is 8.37. The van der Waals surface area contributed by atoms with Crippen molar-refractivity contribution in [3.63, 3.8) is 0 Å². The molecule has 3 atom stereocenters. The number of nitrogens with zero attached hydrogens (tertiary/aromatic N) is 1. The van der Waals surface area contributed by atoms with Crippen molar-refractivity contribution in [2.24, 2.45) is 17.6 Å². The maximum atomic E-state index is 12.0. The molecule has 2 aliphatic rings. The first-order valence-electron chi connectivity index (χ1n) is 7.10. The zero-order valence-corrected chi connectivity index (χ0v) is 11.8. The minimum absolute atomic E-state index is 0.167. The molecule has 2 N–H and O–H groups in total. The lowest BCUT2D eigenvalue weighted by molar-refractivity contribution is 0.00321. The first-order valence-corrected chi connectivity index (χ1v) is 7.10. The van der Waals surface area contributed by atoms with Crippen LogP contribution in [0.2, 0.25) is 0 Å². The smallest absolute Gasteiger partial charge is 0.410 e. The van der Waals surface area contributed by atoms with E-state index in [2.05, 4.69) is 0 Å². The molecule has 1 heterocycles. The molecule has 1 aliphatic carbocycles. The molecule has 0 radical (unpaired) electrons. The topological polar surface area (TPSA) is 55.6 Å². The highest BCUT2D eigenvalue weighted by atomic mass is 16.6. The van der Waals surface area contributed by atoms with Gasteiger partial charge in [0.05, 0.1) is 0 Å². The van der Waals surface area contributed by atoms with Crippen LogP contribution < -0.4 is 5.73 Å². The van der Waals surface area contributed by atoms with Gasteiger partial charge in [0.2, 0.25) is 0 Å². The second-order valence-electron chi connectivity index (χ2n) is 6.73. The fourth-order valence-corrected chi connectivity index (χ4v) is 3.24. The maximum Gasteiger partial charge on any atom is 0.410 e. The number of carbonyl (C=O) groups is 1. The van der Waals surface area contributed by atoms with Crippen LogP contribution in [0.25, 0.3) is 0 Å². The predicted octanol–water partition coefficient (Wildman–Crippen LogP) is 2.37. The average molecular weight is 254 g/mol. The van der Waals surface area contributed by atoms with E-state index in [4.69, 9.17) is 10.5 Å². The Hall–Kier alpha value is -0.770. The summed E-state index contributed by atoms with van der Waals surface area (Å²) in [5, 5.41) is 0. The molecule has 3 unspecified atom stereocenters. The molecule has 2 fully saturated rings. The molecule has 0 bridgehead atoms. The number of likely N-dealkylation sites (tertiary alicyclic amines) is 1. The molecule has 4 nitrogen and oxygen atoms in total. The molecule has 104 valence electrons. The number of fused-ring (bicyclic) bond motifs is 1. The number of amides is 1. The maximum absolute atomic E-state index is 12.0. The minimum Gasteiger partial charge on any atom is -0.444 e. The Morgan fingerprint density at radius 3 is 2.67 bits per heavy atom. The van der Waals surface area contributed by atoms with Crippen molar-refractivity contribution < 1.29 is 9.53 Å². The fourth-order valence-electron chi connectivity index (χ4n) is 3.24. The summed E-state index contributed by atoms with van der Waals surface area (Å²) in [6.45, 7) is 7.35. The molecular weight excluding hydrogens is 228 g/mol. The van der Waals surface area contributed by atoms with Crippen LogP contribution in [-0.4, -0.2) is 35.7 Å². The van der Waals surface area contributed by atoms with Gasteiger partial charge in [0.15, 0.2) is 0 Å². The van der Waals surface area contributed by atoms with Gasteiger partial charge in [-0.3, -0.25) is 0 Å². The van der Waals surface area contributed by atoms with Crippen LogP contribution in [0.15, 0.2) is 0 Å². The summed E-state index contributed by atoms with van der Waals surface area (Å²) in [6, 6.07) is 0.338. The highest BCUT2D eigenvalue weighted by Gasteiger charge is 2.37. The van der Waals surface area contributed by atoms with Crippen LogP contribution in [0.3, 0.4) is 0 Å². The highest BCUT2D eigenvalue weighted by molar-refractivity contribution is 5.68. The number of hydrogen-bond donors (Lipinski definition) is 1. The van der Waals surface area contributed by atoms with E-state index >= 15 is 0 Å². The number of ether oxygens (including phenoxy) is 1. The van der Waals surface area contributed by atoms with E-state index in [-0.39, 0.29) is 6.09 Å². The first kappa shape index (κ1) is 13.7. The lowest BCUT2D eigenvalue weighted by Gasteiger charge is -2.44. The molecule has 0 aromatic heterocycles. The summed E-state index contributed by atoms with van der Waals surface area (Å²) < 4.78 is 5.44. The highest BCUT2D eigenvalue weighted by Crippen LogP contribution is 2.35. The average Bonchev–Trinajstić information content (AvgIpc) is 2.26. The van der Waals surface area contributed by atoms with Crippen LogP contribution in [-0.2, 0) is 4.74 Å². The summed E-state index contributed by atoms with van der Waals surface area (Å²) in [4.78, 5) is 13.9. The Kier molecular flexibility index (Phi) is 3.85. The van der Waals surface area contributed by atoms with Crippen molar-refractivity contribution in [2.45, 2.75) is 58.1 Å². The molecule has 1 saturated heterocycles. The Morgan fingerprint density at radius 2 is 2.00 bits per heavy atom. The molecule has 0 spiro atoms. The van der Waals surface area contributed by atoms with Crippen LogP contribution in [0.4, 0.5) is 4.79 Å². The summed E-state index contributed by atoms with van der Waals surface area (Å²) in [5.74, 6) is 1.19. The largest absolute Gasteiger partial charge is 0.444 e. The van der Waals surface area contributed by atoms with Gasteiger partial charge in [-0.25, -0.2) is 4.79 Å². The molecule has 18 heavy (non-hydrogen) atoms. The van der Waals surface area contributed by atoms with Gasteiger partial charge >= 0.3 is 6.09 Å². The number of nitrogens with two attached hydrogens (primary N) is 1. The van der Waals surface area contributed by atoms with Crippen LogP contribution in [0.5, 0.6) is 0 Å². The Labute approximate surface area is 110 Å². The van der Waals surface area contributed by atoms with E-state index in [0.717, 1.165) is 25.9 Å². The van der Waals surface area contributed by atoms with Crippen LogP contribution in [0, 0.1) is 11.8 Å². The molecule has 1 aliphatic heterocycles.